The van der Waals surface area contributed by atoms with Gasteiger partial charge in [-0.15, -0.1) is 0 Å². The zero-order chi connectivity index (χ0) is 20.6. The number of esters is 1. The Morgan fingerprint density at radius 3 is 2.31 bits per heavy atom. The van der Waals surface area contributed by atoms with E-state index in [1.54, 1.807) is 48.5 Å². The summed E-state index contributed by atoms with van der Waals surface area (Å²) in [6.07, 6.45) is 1.90. The van der Waals surface area contributed by atoms with Gasteiger partial charge in [0.05, 0.1) is 25.0 Å². The van der Waals surface area contributed by atoms with Crippen LogP contribution in [0.2, 0.25) is 0 Å². The van der Waals surface area contributed by atoms with Crippen LogP contribution in [0.15, 0.2) is 67.2 Å². The number of nitrogens with zero attached hydrogens (tertiary/aromatic N) is 3. The summed E-state index contributed by atoms with van der Waals surface area (Å²) in [5.74, 6) is 0.194. The van der Waals surface area contributed by atoms with Gasteiger partial charge in [-0.1, -0.05) is 30.3 Å². The zero-order valence-electron chi connectivity index (χ0n) is 15.3. The summed E-state index contributed by atoms with van der Waals surface area (Å²) in [5, 5.41) is 18.6. The maximum absolute atomic E-state index is 11.9. The van der Waals surface area contributed by atoms with Gasteiger partial charge in [0.15, 0.2) is 0 Å². The van der Waals surface area contributed by atoms with Crippen LogP contribution in [0.3, 0.4) is 0 Å². The largest absolute Gasteiger partial charge is 0.515 e. The van der Waals surface area contributed by atoms with Crippen molar-refractivity contribution < 1.29 is 24.1 Å². The minimum Gasteiger partial charge on any atom is -0.515 e. The third-order valence-corrected chi connectivity index (χ3v) is 3.77. The van der Waals surface area contributed by atoms with Crippen LogP contribution in [0.4, 0.5) is 0 Å². The standard InChI is InChI=1S/C21H15N3O5/c1-27-21(26)16(12-25)15-7-3-5-9-18(15)29-20-10-19(23-13-24-20)28-17-8-4-2-6-14(17)11-22/h2-10,12-13,25H,1H3/b16-12-. The molecule has 3 rings (SSSR count). The highest BCUT2D eigenvalue weighted by molar-refractivity contribution is 6.16. The Kier molecular flexibility index (Phi) is 6.02. The number of carbonyl (C=O) groups is 1. The van der Waals surface area contributed by atoms with E-state index >= 15 is 0 Å². The summed E-state index contributed by atoms with van der Waals surface area (Å²) in [7, 11) is 1.21. The van der Waals surface area contributed by atoms with Crippen LogP contribution in [0.25, 0.3) is 5.57 Å². The van der Waals surface area contributed by atoms with E-state index in [0.29, 0.717) is 23.1 Å². The fraction of sp³-hybridized carbons (Fsp3) is 0.0476. The first-order valence-electron chi connectivity index (χ1n) is 8.35. The van der Waals surface area contributed by atoms with Crippen molar-refractivity contribution in [3.63, 3.8) is 0 Å². The van der Waals surface area contributed by atoms with Gasteiger partial charge in [0.25, 0.3) is 0 Å². The minimum absolute atomic E-state index is 0.0726. The maximum Gasteiger partial charge on any atom is 0.341 e. The summed E-state index contributed by atoms with van der Waals surface area (Å²) in [4.78, 5) is 19.9. The number of hydrogen-bond donors (Lipinski definition) is 1. The number of hydrogen-bond acceptors (Lipinski definition) is 8. The molecule has 1 heterocycles. The molecule has 0 bridgehead atoms. The SMILES string of the molecule is COC(=O)/C(=C\O)c1ccccc1Oc1cc(Oc2ccccc2C#N)ncn1. The van der Waals surface area contributed by atoms with Gasteiger partial charge in [0, 0.05) is 5.56 Å². The molecule has 29 heavy (non-hydrogen) atoms. The molecule has 0 radical (unpaired) electrons. The van der Waals surface area contributed by atoms with Gasteiger partial charge in [-0.25, -0.2) is 14.8 Å². The Balaban J connectivity index is 1.89. The Morgan fingerprint density at radius 2 is 1.66 bits per heavy atom. The number of nitriles is 1. The van der Waals surface area contributed by atoms with Crippen molar-refractivity contribution >= 4 is 11.5 Å². The molecule has 0 aliphatic rings. The normalized spacial score (nSPS) is 10.7. The molecule has 0 atom stereocenters. The molecular weight excluding hydrogens is 374 g/mol. The smallest absolute Gasteiger partial charge is 0.341 e. The third kappa shape index (κ3) is 4.48. The molecule has 2 aromatic carbocycles. The number of aromatic nitrogens is 2. The first-order valence-corrected chi connectivity index (χ1v) is 8.35. The second-order valence-corrected chi connectivity index (χ2v) is 5.54. The predicted octanol–water partition coefficient (Wildman–Crippen LogP) is 4.00. The van der Waals surface area contributed by atoms with Gasteiger partial charge in [-0.3, -0.25) is 0 Å². The number of methoxy groups -OCH3 is 1. The number of ether oxygens (including phenoxy) is 3. The lowest BCUT2D eigenvalue weighted by atomic mass is 10.1. The molecule has 8 heteroatoms. The van der Waals surface area contributed by atoms with Gasteiger partial charge >= 0.3 is 5.97 Å². The van der Waals surface area contributed by atoms with Gasteiger partial charge < -0.3 is 19.3 Å². The highest BCUT2D eigenvalue weighted by Gasteiger charge is 2.18. The maximum atomic E-state index is 11.9. The van der Waals surface area contributed by atoms with Crippen molar-refractivity contribution in [2.75, 3.05) is 7.11 Å². The number of rotatable bonds is 6. The minimum atomic E-state index is -0.719. The summed E-state index contributed by atoms with van der Waals surface area (Å²) in [5.41, 5.74) is 0.601. The average Bonchev–Trinajstić information content (AvgIpc) is 2.76. The highest BCUT2D eigenvalue weighted by atomic mass is 16.5. The van der Waals surface area contributed by atoms with E-state index in [9.17, 15) is 9.90 Å². The zero-order valence-corrected chi connectivity index (χ0v) is 15.3. The quantitative estimate of drug-likeness (QED) is 0.382. The van der Waals surface area contributed by atoms with Crippen LogP contribution in [-0.2, 0) is 9.53 Å². The van der Waals surface area contributed by atoms with Crippen molar-refractivity contribution in [1.29, 1.82) is 5.26 Å². The van der Waals surface area contributed by atoms with Crippen LogP contribution in [-0.4, -0.2) is 28.2 Å². The Bertz CT molecular complexity index is 1110. The van der Waals surface area contributed by atoms with Gasteiger partial charge in [0.2, 0.25) is 11.8 Å². The lowest BCUT2D eigenvalue weighted by molar-refractivity contribution is -0.133. The van der Waals surface area contributed by atoms with E-state index in [4.69, 9.17) is 14.7 Å². The van der Waals surface area contributed by atoms with Crippen molar-refractivity contribution in [1.82, 2.24) is 9.97 Å². The number of para-hydroxylation sites is 2. The Labute approximate surface area is 166 Å². The van der Waals surface area contributed by atoms with Crippen molar-refractivity contribution in [3.8, 4) is 29.3 Å². The van der Waals surface area contributed by atoms with Crippen molar-refractivity contribution in [3.05, 3.63) is 78.3 Å². The Morgan fingerprint density at radius 1 is 1.03 bits per heavy atom. The average molecular weight is 389 g/mol. The van der Waals surface area contributed by atoms with E-state index in [1.165, 1.54) is 19.5 Å². The molecule has 0 aliphatic carbocycles. The molecule has 0 unspecified atom stereocenters. The Hall–Kier alpha value is -4.38. The summed E-state index contributed by atoms with van der Waals surface area (Å²) in [6.45, 7) is 0. The van der Waals surface area contributed by atoms with Crippen LogP contribution in [0.1, 0.15) is 11.1 Å². The number of aliphatic hydroxyl groups excluding tert-OH is 1. The third-order valence-electron chi connectivity index (χ3n) is 3.77. The molecule has 1 N–H and O–H groups in total. The molecule has 0 spiro atoms. The number of carbonyl (C=O) groups excluding carboxylic acids is 1. The number of benzene rings is 2. The summed E-state index contributed by atoms with van der Waals surface area (Å²) >= 11 is 0. The molecular formula is C21H15N3O5. The lowest BCUT2D eigenvalue weighted by Crippen LogP contribution is -2.05. The molecule has 1 aromatic heterocycles. The number of aliphatic hydroxyl groups is 1. The van der Waals surface area contributed by atoms with Crippen LogP contribution in [0, 0.1) is 11.3 Å². The van der Waals surface area contributed by atoms with Gasteiger partial charge in [-0.2, -0.15) is 5.26 Å². The second-order valence-electron chi connectivity index (χ2n) is 5.54. The molecule has 144 valence electrons. The first-order chi connectivity index (χ1) is 14.2. The molecule has 0 amide bonds. The summed E-state index contributed by atoms with van der Waals surface area (Å²) in [6, 6.07) is 16.8. The fourth-order valence-corrected chi connectivity index (χ4v) is 2.43. The second kappa shape index (κ2) is 9.01. The topological polar surface area (TPSA) is 115 Å². The van der Waals surface area contributed by atoms with Crippen molar-refractivity contribution in [2.24, 2.45) is 0 Å². The monoisotopic (exact) mass is 389 g/mol. The van der Waals surface area contributed by atoms with Gasteiger partial charge in [0.1, 0.15) is 29.5 Å². The highest BCUT2D eigenvalue weighted by Crippen LogP contribution is 2.31. The van der Waals surface area contributed by atoms with Crippen LogP contribution >= 0.6 is 0 Å². The lowest BCUT2D eigenvalue weighted by Gasteiger charge is -2.12. The molecule has 0 fully saturated rings. The van der Waals surface area contributed by atoms with E-state index in [2.05, 4.69) is 14.7 Å². The predicted molar refractivity (Wildman–Crippen MR) is 102 cm³/mol. The molecule has 8 nitrogen and oxygen atoms in total. The van der Waals surface area contributed by atoms with E-state index in [1.807, 2.05) is 6.07 Å². The van der Waals surface area contributed by atoms with E-state index in [0.717, 1.165) is 0 Å². The molecule has 0 saturated heterocycles. The summed E-state index contributed by atoms with van der Waals surface area (Å²) < 4.78 is 16.1. The molecule has 0 saturated carbocycles. The van der Waals surface area contributed by atoms with E-state index < -0.39 is 5.97 Å². The van der Waals surface area contributed by atoms with Crippen LogP contribution < -0.4 is 9.47 Å². The van der Waals surface area contributed by atoms with Crippen LogP contribution in [0.5, 0.6) is 23.3 Å². The first kappa shape index (κ1) is 19.4. The van der Waals surface area contributed by atoms with E-state index in [-0.39, 0.29) is 23.1 Å². The van der Waals surface area contributed by atoms with Gasteiger partial charge in [-0.05, 0) is 18.2 Å². The van der Waals surface area contributed by atoms with Crippen molar-refractivity contribution in [2.45, 2.75) is 0 Å². The molecule has 0 aliphatic heterocycles. The molecule has 3 aromatic rings. The fourth-order valence-electron chi connectivity index (χ4n) is 2.43.